The van der Waals surface area contributed by atoms with Gasteiger partial charge in [-0.25, -0.2) is 0 Å². The van der Waals surface area contributed by atoms with E-state index < -0.39 is 0 Å². The Balaban J connectivity index is 1.96. The highest BCUT2D eigenvalue weighted by Gasteiger charge is 2.26. The Morgan fingerprint density at radius 1 is 1.29 bits per heavy atom. The maximum Gasteiger partial charge on any atom is 0.0294 e. The summed E-state index contributed by atoms with van der Waals surface area (Å²) in [5, 5.41) is 3.80. The molecule has 0 heterocycles. The van der Waals surface area contributed by atoms with E-state index in [0.29, 0.717) is 6.04 Å². The molecule has 1 aliphatic rings. The minimum atomic E-state index is 0.459. The minimum Gasteiger partial charge on any atom is -0.307 e. The zero-order valence-electron chi connectivity index (χ0n) is 10.7. The molecule has 1 nitrogen and oxygen atoms in total. The molecule has 1 fully saturated rings. The van der Waals surface area contributed by atoms with Crippen LogP contribution >= 0.6 is 15.9 Å². The summed E-state index contributed by atoms with van der Waals surface area (Å²) >= 11 is 3.48. The number of nitrogens with one attached hydrogen (secondary N) is 1. The molecule has 2 rings (SSSR count). The summed E-state index contributed by atoms with van der Waals surface area (Å²) in [6.07, 6.45) is 5.45. The molecule has 17 heavy (non-hydrogen) atoms. The van der Waals surface area contributed by atoms with Gasteiger partial charge < -0.3 is 5.32 Å². The van der Waals surface area contributed by atoms with Crippen LogP contribution in [0.15, 0.2) is 28.7 Å². The van der Waals surface area contributed by atoms with Gasteiger partial charge in [0.25, 0.3) is 0 Å². The van der Waals surface area contributed by atoms with Crippen molar-refractivity contribution in [3.63, 3.8) is 0 Å². The molecule has 1 aromatic carbocycles. The average molecular weight is 296 g/mol. The van der Waals surface area contributed by atoms with E-state index in [-0.39, 0.29) is 0 Å². The lowest BCUT2D eigenvalue weighted by atomic mass is 9.98. The molecular formula is C15H22BrN. The van der Waals surface area contributed by atoms with Gasteiger partial charge in [-0.3, -0.25) is 0 Å². The second kappa shape index (κ2) is 6.01. The molecule has 2 heteroatoms. The van der Waals surface area contributed by atoms with Crippen molar-refractivity contribution in [1.82, 2.24) is 5.32 Å². The third-order valence-electron chi connectivity index (χ3n) is 4.02. The van der Waals surface area contributed by atoms with Gasteiger partial charge in [-0.05, 0) is 43.4 Å². The first-order valence-corrected chi connectivity index (χ1v) is 7.51. The fourth-order valence-electron chi connectivity index (χ4n) is 2.91. The molecule has 0 aliphatic heterocycles. The Hall–Kier alpha value is -0.340. The van der Waals surface area contributed by atoms with E-state index in [2.05, 4.69) is 59.4 Å². The second-order valence-corrected chi connectivity index (χ2v) is 6.06. The number of halogens is 1. The maximum absolute atomic E-state index is 3.80. The minimum absolute atomic E-state index is 0.459. The van der Waals surface area contributed by atoms with E-state index in [0.717, 1.165) is 16.4 Å². The third kappa shape index (κ3) is 3.32. The van der Waals surface area contributed by atoms with Gasteiger partial charge in [0.15, 0.2) is 0 Å². The van der Waals surface area contributed by atoms with Crippen molar-refractivity contribution in [2.75, 3.05) is 0 Å². The van der Waals surface area contributed by atoms with Crippen LogP contribution in [0.1, 0.15) is 51.1 Å². The zero-order valence-corrected chi connectivity index (χ0v) is 12.3. The molecule has 0 aromatic heterocycles. The van der Waals surface area contributed by atoms with Gasteiger partial charge in [0.05, 0.1) is 0 Å². The molecule has 1 aromatic rings. The predicted octanol–water partition coefficient (Wildman–Crippen LogP) is 4.68. The van der Waals surface area contributed by atoms with Crippen molar-refractivity contribution in [2.45, 2.75) is 51.6 Å². The van der Waals surface area contributed by atoms with Crippen LogP contribution in [-0.4, -0.2) is 6.04 Å². The lowest BCUT2D eigenvalue weighted by Gasteiger charge is -2.24. The second-order valence-electron chi connectivity index (χ2n) is 5.15. The predicted molar refractivity (Wildman–Crippen MR) is 77.1 cm³/mol. The van der Waals surface area contributed by atoms with Gasteiger partial charge in [-0.1, -0.05) is 47.8 Å². The van der Waals surface area contributed by atoms with Crippen molar-refractivity contribution in [2.24, 2.45) is 5.92 Å². The third-order valence-corrected chi connectivity index (χ3v) is 4.55. The quantitative estimate of drug-likeness (QED) is 0.850. The highest BCUT2D eigenvalue weighted by molar-refractivity contribution is 9.10. The summed E-state index contributed by atoms with van der Waals surface area (Å²) in [6.45, 7) is 4.59. The zero-order chi connectivity index (χ0) is 12.3. The topological polar surface area (TPSA) is 12.0 Å². The molecule has 94 valence electrons. The smallest absolute Gasteiger partial charge is 0.0294 e. The van der Waals surface area contributed by atoms with E-state index in [9.17, 15) is 0 Å². The van der Waals surface area contributed by atoms with Crippen LogP contribution < -0.4 is 5.32 Å². The van der Waals surface area contributed by atoms with Crippen LogP contribution in [0.3, 0.4) is 0 Å². The summed E-state index contributed by atoms with van der Waals surface area (Å²) in [4.78, 5) is 0. The maximum atomic E-state index is 3.80. The van der Waals surface area contributed by atoms with E-state index >= 15 is 0 Å². The van der Waals surface area contributed by atoms with Crippen LogP contribution in [0.4, 0.5) is 0 Å². The van der Waals surface area contributed by atoms with Crippen LogP contribution in [0.25, 0.3) is 0 Å². The fourth-order valence-corrected chi connectivity index (χ4v) is 3.18. The van der Waals surface area contributed by atoms with Gasteiger partial charge >= 0.3 is 0 Å². The average Bonchev–Trinajstić information content (AvgIpc) is 2.77. The van der Waals surface area contributed by atoms with Gasteiger partial charge in [-0.15, -0.1) is 0 Å². The summed E-state index contributed by atoms with van der Waals surface area (Å²) in [5.74, 6) is 0.882. The number of benzene rings is 1. The van der Waals surface area contributed by atoms with Crippen molar-refractivity contribution in [1.29, 1.82) is 0 Å². The normalized spacial score (nSPS) is 26.1. The van der Waals surface area contributed by atoms with Crippen LogP contribution in [0.2, 0.25) is 0 Å². The molecule has 1 N–H and O–H groups in total. The Morgan fingerprint density at radius 2 is 2.00 bits per heavy atom. The monoisotopic (exact) mass is 295 g/mol. The Morgan fingerprint density at radius 3 is 2.65 bits per heavy atom. The number of hydrogen-bond donors (Lipinski definition) is 1. The van der Waals surface area contributed by atoms with E-state index in [1.807, 2.05) is 0 Å². The largest absolute Gasteiger partial charge is 0.307 e. The lowest BCUT2D eigenvalue weighted by Crippen LogP contribution is -2.34. The molecule has 0 saturated heterocycles. The summed E-state index contributed by atoms with van der Waals surface area (Å²) in [7, 11) is 0. The van der Waals surface area contributed by atoms with Crippen LogP contribution in [-0.2, 0) is 0 Å². The first-order valence-electron chi connectivity index (χ1n) is 6.72. The highest BCUT2D eigenvalue weighted by atomic mass is 79.9. The van der Waals surface area contributed by atoms with Crippen molar-refractivity contribution in [3.8, 4) is 0 Å². The summed E-state index contributed by atoms with van der Waals surface area (Å²) in [5.41, 5.74) is 1.38. The first-order chi connectivity index (χ1) is 8.20. The fraction of sp³-hybridized carbons (Fsp3) is 0.600. The molecule has 3 atom stereocenters. The molecule has 0 radical (unpaired) electrons. The number of hydrogen-bond acceptors (Lipinski definition) is 1. The molecular weight excluding hydrogens is 274 g/mol. The van der Waals surface area contributed by atoms with Crippen molar-refractivity contribution in [3.05, 3.63) is 34.3 Å². The standard InChI is InChI=1S/C15H22BrN/c1-3-12-5-4-6-15(12)17-11(2)13-7-9-14(16)10-8-13/h7-12,15,17H,3-6H2,1-2H3/t11-,12?,15?/m1/s1. The molecule has 0 amide bonds. The molecule has 1 saturated carbocycles. The van der Waals surface area contributed by atoms with Gasteiger partial charge in [-0.2, -0.15) is 0 Å². The van der Waals surface area contributed by atoms with E-state index in [1.165, 1.54) is 31.2 Å². The Bertz CT molecular complexity index is 346. The Labute approximate surface area is 113 Å². The first kappa shape index (κ1) is 13.1. The summed E-state index contributed by atoms with van der Waals surface area (Å²) < 4.78 is 1.15. The van der Waals surface area contributed by atoms with Crippen LogP contribution in [0, 0.1) is 5.92 Å². The molecule has 1 aliphatic carbocycles. The molecule has 0 bridgehead atoms. The summed E-state index contributed by atoms with van der Waals surface area (Å²) in [6, 6.07) is 9.84. The lowest BCUT2D eigenvalue weighted by molar-refractivity contribution is 0.360. The Kier molecular flexibility index (Phi) is 4.63. The van der Waals surface area contributed by atoms with Crippen molar-refractivity contribution < 1.29 is 0 Å². The number of rotatable bonds is 4. The molecule has 2 unspecified atom stereocenters. The highest BCUT2D eigenvalue weighted by Crippen LogP contribution is 2.30. The van der Waals surface area contributed by atoms with Crippen LogP contribution in [0.5, 0.6) is 0 Å². The van der Waals surface area contributed by atoms with E-state index in [1.54, 1.807) is 0 Å². The SMILES string of the molecule is CCC1CCCC1N[C@H](C)c1ccc(Br)cc1. The van der Waals surface area contributed by atoms with Gasteiger partial charge in [0, 0.05) is 16.6 Å². The van der Waals surface area contributed by atoms with Gasteiger partial charge in [0.2, 0.25) is 0 Å². The molecule has 0 spiro atoms. The van der Waals surface area contributed by atoms with Gasteiger partial charge in [0.1, 0.15) is 0 Å². The van der Waals surface area contributed by atoms with Crippen molar-refractivity contribution >= 4 is 15.9 Å². The van der Waals surface area contributed by atoms with E-state index in [4.69, 9.17) is 0 Å².